The molecule has 0 spiro atoms. The maximum absolute atomic E-state index is 12.8. The first-order valence-corrected chi connectivity index (χ1v) is 8.15. The number of nitrogens with zero attached hydrogens (tertiary/aromatic N) is 1. The van der Waals surface area contributed by atoms with E-state index in [0.717, 1.165) is 12.1 Å². The van der Waals surface area contributed by atoms with E-state index in [-0.39, 0.29) is 16.9 Å². The molecular formula is C20H15F3N2O3. The fourth-order valence-electron chi connectivity index (χ4n) is 2.86. The Hall–Kier alpha value is -3.55. The van der Waals surface area contributed by atoms with E-state index >= 15 is 0 Å². The highest BCUT2D eigenvalue weighted by Gasteiger charge is 2.30. The molecule has 28 heavy (non-hydrogen) atoms. The SMILES string of the molecule is Cn1ccc(NC(=O)c2ccccc2-c2ccc(C(F)(F)F)cc2)c1C(=O)O. The number of alkyl halides is 3. The summed E-state index contributed by atoms with van der Waals surface area (Å²) in [6.45, 7) is 0. The zero-order valence-corrected chi connectivity index (χ0v) is 14.6. The molecule has 1 heterocycles. The van der Waals surface area contributed by atoms with Crippen LogP contribution in [0.5, 0.6) is 0 Å². The summed E-state index contributed by atoms with van der Waals surface area (Å²) in [5, 5.41) is 11.8. The third-order valence-electron chi connectivity index (χ3n) is 4.22. The van der Waals surface area contributed by atoms with Gasteiger partial charge in [0.25, 0.3) is 5.91 Å². The monoisotopic (exact) mass is 388 g/mol. The van der Waals surface area contributed by atoms with Crippen LogP contribution in [-0.2, 0) is 13.2 Å². The van der Waals surface area contributed by atoms with Crippen molar-refractivity contribution in [2.75, 3.05) is 5.32 Å². The number of carbonyl (C=O) groups is 2. The van der Waals surface area contributed by atoms with Crippen molar-refractivity contribution >= 4 is 17.6 Å². The van der Waals surface area contributed by atoms with E-state index in [1.54, 1.807) is 18.2 Å². The first kappa shape index (κ1) is 19.2. The summed E-state index contributed by atoms with van der Waals surface area (Å²) in [7, 11) is 1.54. The van der Waals surface area contributed by atoms with Crippen molar-refractivity contribution in [3.8, 4) is 11.1 Å². The standard InChI is InChI=1S/C20H15F3N2O3/c1-25-11-10-16(17(25)19(27)28)24-18(26)15-5-3-2-4-14(15)12-6-8-13(9-7-12)20(21,22)23/h2-11H,1H3,(H,24,26)(H,27,28). The molecule has 0 unspecified atom stereocenters. The van der Waals surface area contributed by atoms with E-state index in [1.807, 2.05) is 0 Å². The molecule has 2 N–H and O–H groups in total. The average molecular weight is 388 g/mol. The van der Waals surface area contributed by atoms with Gasteiger partial charge in [0.15, 0.2) is 5.69 Å². The van der Waals surface area contributed by atoms with Crippen LogP contribution in [0.3, 0.4) is 0 Å². The van der Waals surface area contributed by atoms with Crippen LogP contribution in [0.1, 0.15) is 26.4 Å². The zero-order valence-electron chi connectivity index (χ0n) is 14.6. The summed E-state index contributed by atoms with van der Waals surface area (Å²) >= 11 is 0. The van der Waals surface area contributed by atoms with Crippen LogP contribution >= 0.6 is 0 Å². The molecule has 0 aliphatic carbocycles. The molecule has 0 saturated carbocycles. The molecule has 8 heteroatoms. The number of aryl methyl sites for hydroxylation is 1. The quantitative estimate of drug-likeness (QED) is 0.683. The van der Waals surface area contributed by atoms with Crippen LogP contribution in [0.2, 0.25) is 0 Å². The molecule has 1 aromatic heterocycles. The largest absolute Gasteiger partial charge is 0.477 e. The Kier molecular flexibility index (Phi) is 4.96. The summed E-state index contributed by atoms with van der Waals surface area (Å²) in [5.41, 5.74) is 0.338. The number of aromatic carboxylic acids is 1. The number of rotatable bonds is 4. The Balaban J connectivity index is 1.94. The van der Waals surface area contributed by atoms with Crippen molar-refractivity contribution < 1.29 is 27.9 Å². The van der Waals surface area contributed by atoms with Crippen molar-refractivity contribution in [2.45, 2.75) is 6.18 Å². The van der Waals surface area contributed by atoms with E-state index < -0.39 is 23.6 Å². The summed E-state index contributed by atoms with van der Waals surface area (Å²) < 4.78 is 39.6. The maximum Gasteiger partial charge on any atom is 0.416 e. The Morgan fingerprint density at radius 3 is 2.25 bits per heavy atom. The van der Waals surface area contributed by atoms with Crippen LogP contribution in [-0.4, -0.2) is 21.6 Å². The predicted molar refractivity (Wildman–Crippen MR) is 97.2 cm³/mol. The Morgan fingerprint density at radius 2 is 1.64 bits per heavy atom. The number of hydrogen-bond donors (Lipinski definition) is 2. The minimum atomic E-state index is -4.45. The molecule has 0 radical (unpaired) electrons. The number of hydrogen-bond acceptors (Lipinski definition) is 2. The average Bonchev–Trinajstić information content (AvgIpc) is 3.01. The Bertz CT molecular complexity index is 1040. The minimum absolute atomic E-state index is 0.0830. The zero-order chi connectivity index (χ0) is 20.5. The number of carbonyl (C=O) groups excluding carboxylic acids is 1. The molecule has 0 aliphatic heterocycles. The highest BCUT2D eigenvalue weighted by molar-refractivity contribution is 6.10. The smallest absolute Gasteiger partial charge is 0.416 e. The number of benzene rings is 2. The first-order chi connectivity index (χ1) is 13.2. The number of anilines is 1. The highest BCUT2D eigenvalue weighted by Crippen LogP contribution is 2.32. The molecule has 3 aromatic rings. The second kappa shape index (κ2) is 7.22. The van der Waals surface area contributed by atoms with Gasteiger partial charge in [-0.3, -0.25) is 4.79 Å². The lowest BCUT2D eigenvalue weighted by Crippen LogP contribution is -2.16. The van der Waals surface area contributed by atoms with Gasteiger partial charge in [0, 0.05) is 18.8 Å². The number of amides is 1. The van der Waals surface area contributed by atoms with E-state index in [2.05, 4.69) is 5.32 Å². The molecule has 1 amide bonds. The summed E-state index contributed by atoms with van der Waals surface area (Å²) in [6.07, 6.45) is -2.95. The highest BCUT2D eigenvalue weighted by atomic mass is 19.4. The van der Waals surface area contributed by atoms with Gasteiger partial charge in [-0.2, -0.15) is 13.2 Å². The van der Waals surface area contributed by atoms with Gasteiger partial charge in [-0.25, -0.2) is 4.79 Å². The molecule has 0 fully saturated rings. The van der Waals surface area contributed by atoms with Crippen molar-refractivity contribution in [2.24, 2.45) is 7.05 Å². The Morgan fingerprint density at radius 1 is 1.00 bits per heavy atom. The van der Waals surface area contributed by atoms with Crippen molar-refractivity contribution in [1.82, 2.24) is 4.57 Å². The molecule has 2 aromatic carbocycles. The van der Waals surface area contributed by atoms with E-state index in [9.17, 15) is 27.9 Å². The molecule has 3 rings (SSSR count). The van der Waals surface area contributed by atoms with Crippen LogP contribution in [0, 0.1) is 0 Å². The maximum atomic E-state index is 12.8. The number of halogens is 3. The predicted octanol–water partition coefficient (Wildman–Crippen LogP) is 4.66. The van der Waals surface area contributed by atoms with Gasteiger partial charge in [0.05, 0.1) is 11.3 Å². The van der Waals surface area contributed by atoms with E-state index in [4.69, 9.17) is 0 Å². The Labute approximate surface area is 158 Å². The third-order valence-corrected chi connectivity index (χ3v) is 4.22. The molecular weight excluding hydrogens is 373 g/mol. The lowest BCUT2D eigenvalue weighted by molar-refractivity contribution is -0.137. The number of aromatic nitrogens is 1. The first-order valence-electron chi connectivity index (χ1n) is 8.15. The van der Waals surface area contributed by atoms with Gasteiger partial charge < -0.3 is 15.0 Å². The number of carboxylic acid groups (broad SMARTS) is 1. The second-order valence-electron chi connectivity index (χ2n) is 6.07. The lowest BCUT2D eigenvalue weighted by Gasteiger charge is -2.12. The van der Waals surface area contributed by atoms with Gasteiger partial charge in [-0.1, -0.05) is 30.3 Å². The van der Waals surface area contributed by atoms with E-state index in [1.165, 1.54) is 42.1 Å². The van der Waals surface area contributed by atoms with Crippen molar-refractivity contribution in [3.05, 3.63) is 77.6 Å². The molecule has 144 valence electrons. The van der Waals surface area contributed by atoms with Gasteiger partial charge >= 0.3 is 12.1 Å². The fourth-order valence-corrected chi connectivity index (χ4v) is 2.86. The van der Waals surface area contributed by atoms with Gasteiger partial charge in [0.1, 0.15) is 0 Å². The number of nitrogens with one attached hydrogen (secondary N) is 1. The molecule has 5 nitrogen and oxygen atoms in total. The summed E-state index contributed by atoms with van der Waals surface area (Å²) in [4.78, 5) is 24.1. The molecule has 0 aliphatic rings. The summed E-state index contributed by atoms with van der Waals surface area (Å²) in [5.74, 6) is -1.76. The van der Waals surface area contributed by atoms with Crippen LogP contribution in [0.15, 0.2) is 60.8 Å². The van der Waals surface area contributed by atoms with Gasteiger partial charge in [0.2, 0.25) is 0 Å². The summed E-state index contributed by atoms with van der Waals surface area (Å²) in [6, 6.07) is 12.3. The van der Waals surface area contributed by atoms with Crippen LogP contribution < -0.4 is 5.32 Å². The van der Waals surface area contributed by atoms with Crippen molar-refractivity contribution in [1.29, 1.82) is 0 Å². The lowest BCUT2D eigenvalue weighted by atomic mass is 9.98. The number of carboxylic acids is 1. The molecule has 0 bridgehead atoms. The second-order valence-corrected chi connectivity index (χ2v) is 6.07. The van der Waals surface area contributed by atoms with Crippen molar-refractivity contribution in [3.63, 3.8) is 0 Å². The minimum Gasteiger partial charge on any atom is -0.477 e. The third kappa shape index (κ3) is 3.75. The topological polar surface area (TPSA) is 71.3 Å². The van der Waals surface area contributed by atoms with Crippen LogP contribution in [0.25, 0.3) is 11.1 Å². The van der Waals surface area contributed by atoms with Gasteiger partial charge in [-0.15, -0.1) is 0 Å². The fraction of sp³-hybridized carbons (Fsp3) is 0.100. The molecule has 0 atom stereocenters. The molecule has 0 saturated heterocycles. The normalized spacial score (nSPS) is 11.3. The van der Waals surface area contributed by atoms with Crippen LogP contribution in [0.4, 0.5) is 18.9 Å². The van der Waals surface area contributed by atoms with Gasteiger partial charge in [-0.05, 0) is 35.4 Å². The van der Waals surface area contributed by atoms with E-state index in [0.29, 0.717) is 11.1 Å².